The molecule has 1 aromatic heterocycles. The predicted molar refractivity (Wildman–Crippen MR) is 117 cm³/mol. The minimum absolute atomic E-state index is 0.0108. The molecule has 1 heterocycles. The number of guanidine groups is 1. The van der Waals surface area contributed by atoms with E-state index in [-0.39, 0.29) is 11.7 Å². The van der Waals surface area contributed by atoms with Gasteiger partial charge in [-0.3, -0.25) is 9.79 Å². The molecule has 0 unspecified atom stereocenters. The highest BCUT2D eigenvalue weighted by Crippen LogP contribution is 2.25. The molecule has 0 aliphatic rings. The van der Waals surface area contributed by atoms with Crippen molar-refractivity contribution < 1.29 is 13.6 Å². The lowest BCUT2D eigenvalue weighted by Crippen LogP contribution is -2.37. The standard InChI is InChI=1S/C23H27FN4O2/c1-15-19-13-18(24)8-9-20(19)30-21(15)14-27-23(25-2)26-11-10-16-6-5-7-17(12-16)22(29)28(3)4/h5-9,12-13H,10-11,14H2,1-4H3,(H2,25,26,27). The highest BCUT2D eigenvalue weighted by Gasteiger charge is 2.12. The Balaban J connectivity index is 1.55. The van der Waals surface area contributed by atoms with E-state index in [1.54, 1.807) is 32.1 Å². The summed E-state index contributed by atoms with van der Waals surface area (Å²) in [5.74, 6) is 1.10. The van der Waals surface area contributed by atoms with Crippen molar-refractivity contribution in [2.45, 2.75) is 19.9 Å². The quantitative estimate of drug-likeness (QED) is 0.482. The van der Waals surface area contributed by atoms with Crippen LogP contribution in [0.2, 0.25) is 0 Å². The molecule has 0 fully saturated rings. The number of halogens is 1. The Kier molecular flexibility index (Phi) is 6.72. The SMILES string of the molecule is CN=C(NCCc1cccc(C(=O)N(C)C)c1)NCc1oc2ccc(F)cc2c1C. The van der Waals surface area contributed by atoms with Gasteiger partial charge in [0.1, 0.15) is 17.2 Å². The first kappa shape index (κ1) is 21.4. The fourth-order valence-electron chi connectivity index (χ4n) is 3.24. The number of furan rings is 1. The van der Waals surface area contributed by atoms with Crippen molar-refractivity contribution in [3.63, 3.8) is 0 Å². The zero-order valence-corrected chi connectivity index (χ0v) is 17.8. The Hall–Kier alpha value is -3.35. The van der Waals surface area contributed by atoms with Crippen molar-refractivity contribution >= 4 is 22.8 Å². The minimum Gasteiger partial charge on any atom is -0.459 e. The number of rotatable bonds is 6. The molecule has 30 heavy (non-hydrogen) atoms. The summed E-state index contributed by atoms with van der Waals surface area (Å²) in [7, 11) is 5.19. The molecule has 3 aromatic rings. The number of nitrogens with zero attached hydrogens (tertiary/aromatic N) is 2. The average Bonchev–Trinajstić information content (AvgIpc) is 3.05. The molecular formula is C23H27FN4O2. The van der Waals surface area contributed by atoms with Crippen LogP contribution in [-0.2, 0) is 13.0 Å². The summed E-state index contributed by atoms with van der Waals surface area (Å²) in [6.07, 6.45) is 0.748. The van der Waals surface area contributed by atoms with Crippen LogP contribution in [0.4, 0.5) is 4.39 Å². The van der Waals surface area contributed by atoms with Gasteiger partial charge in [-0.05, 0) is 49.2 Å². The Morgan fingerprint density at radius 1 is 1.17 bits per heavy atom. The normalized spacial score (nSPS) is 11.6. The van der Waals surface area contributed by atoms with Gasteiger partial charge >= 0.3 is 0 Å². The van der Waals surface area contributed by atoms with E-state index >= 15 is 0 Å². The van der Waals surface area contributed by atoms with Crippen LogP contribution in [0.5, 0.6) is 0 Å². The molecule has 0 aliphatic heterocycles. The number of carbonyl (C=O) groups is 1. The smallest absolute Gasteiger partial charge is 0.253 e. The molecule has 2 N–H and O–H groups in total. The van der Waals surface area contributed by atoms with Gasteiger partial charge in [0.2, 0.25) is 0 Å². The Labute approximate surface area is 175 Å². The summed E-state index contributed by atoms with van der Waals surface area (Å²) in [6.45, 7) is 3.01. The molecule has 0 atom stereocenters. The number of hydrogen-bond acceptors (Lipinski definition) is 3. The number of fused-ring (bicyclic) bond motifs is 1. The van der Waals surface area contributed by atoms with Crippen LogP contribution in [0.15, 0.2) is 51.9 Å². The van der Waals surface area contributed by atoms with Crippen molar-refractivity contribution in [3.8, 4) is 0 Å². The fraction of sp³-hybridized carbons (Fsp3) is 0.304. The minimum atomic E-state index is -0.278. The Morgan fingerprint density at radius 3 is 2.70 bits per heavy atom. The fourth-order valence-corrected chi connectivity index (χ4v) is 3.24. The number of benzene rings is 2. The summed E-state index contributed by atoms with van der Waals surface area (Å²) in [5, 5.41) is 7.27. The van der Waals surface area contributed by atoms with Gasteiger partial charge in [-0.2, -0.15) is 0 Å². The predicted octanol–water partition coefficient (Wildman–Crippen LogP) is 3.49. The number of aryl methyl sites for hydroxylation is 1. The molecule has 3 rings (SSSR count). The third kappa shape index (κ3) is 4.97. The first-order valence-electron chi connectivity index (χ1n) is 9.81. The maximum atomic E-state index is 13.5. The maximum absolute atomic E-state index is 13.5. The van der Waals surface area contributed by atoms with Gasteiger partial charge in [0.15, 0.2) is 5.96 Å². The number of carbonyl (C=O) groups excluding carboxylic acids is 1. The molecule has 0 radical (unpaired) electrons. The second-order valence-electron chi connectivity index (χ2n) is 7.29. The molecule has 158 valence electrons. The third-order valence-electron chi connectivity index (χ3n) is 4.92. The van der Waals surface area contributed by atoms with Crippen LogP contribution in [0.3, 0.4) is 0 Å². The van der Waals surface area contributed by atoms with Crippen molar-refractivity contribution in [1.82, 2.24) is 15.5 Å². The van der Waals surface area contributed by atoms with Gasteiger partial charge in [-0.15, -0.1) is 0 Å². The zero-order valence-electron chi connectivity index (χ0n) is 17.8. The highest BCUT2D eigenvalue weighted by atomic mass is 19.1. The number of hydrogen-bond donors (Lipinski definition) is 2. The lowest BCUT2D eigenvalue weighted by atomic mass is 10.1. The van der Waals surface area contributed by atoms with Crippen LogP contribution in [0.25, 0.3) is 11.0 Å². The van der Waals surface area contributed by atoms with E-state index in [2.05, 4.69) is 15.6 Å². The van der Waals surface area contributed by atoms with Gasteiger partial charge in [0.25, 0.3) is 5.91 Å². The Bertz CT molecular complexity index is 1070. The largest absolute Gasteiger partial charge is 0.459 e. The molecule has 0 aliphatic carbocycles. The lowest BCUT2D eigenvalue weighted by molar-refractivity contribution is 0.0827. The molecule has 0 saturated heterocycles. The summed E-state index contributed by atoms with van der Waals surface area (Å²) in [5.41, 5.74) is 3.33. The first-order chi connectivity index (χ1) is 14.4. The van der Waals surface area contributed by atoms with E-state index in [1.165, 1.54) is 12.1 Å². The van der Waals surface area contributed by atoms with E-state index in [4.69, 9.17) is 4.42 Å². The van der Waals surface area contributed by atoms with Crippen LogP contribution >= 0.6 is 0 Å². The second kappa shape index (κ2) is 9.43. The van der Waals surface area contributed by atoms with E-state index in [0.717, 1.165) is 28.7 Å². The van der Waals surface area contributed by atoms with Crippen molar-refractivity contribution in [2.24, 2.45) is 4.99 Å². The van der Waals surface area contributed by atoms with E-state index in [9.17, 15) is 9.18 Å². The molecule has 1 amide bonds. The topological polar surface area (TPSA) is 69.9 Å². The average molecular weight is 410 g/mol. The van der Waals surface area contributed by atoms with Crippen LogP contribution in [-0.4, -0.2) is 44.5 Å². The van der Waals surface area contributed by atoms with Crippen LogP contribution in [0, 0.1) is 12.7 Å². The number of amides is 1. The van der Waals surface area contributed by atoms with Crippen LogP contribution in [0.1, 0.15) is 27.2 Å². The van der Waals surface area contributed by atoms with E-state index in [1.807, 2.05) is 31.2 Å². The summed E-state index contributed by atoms with van der Waals surface area (Å²) < 4.78 is 19.3. The van der Waals surface area contributed by atoms with Gasteiger partial charge in [-0.25, -0.2) is 4.39 Å². The molecule has 0 spiro atoms. The first-order valence-corrected chi connectivity index (χ1v) is 9.81. The van der Waals surface area contributed by atoms with Crippen molar-refractivity contribution in [2.75, 3.05) is 27.7 Å². The molecule has 0 bridgehead atoms. The zero-order chi connectivity index (χ0) is 21.7. The summed E-state index contributed by atoms with van der Waals surface area (Å²) >= 11 is 0. The number of aliphatic imine (C=N–C) groups is 1. The summed E-state index contributed by atoms with van der Waals surface area (Å²) in [4.78, 5) is 17.9. The van der Waals surface area contributed by atoms with Gasteiger partial charge < -0.3 is 20.0 Å². The third-order valence-corrected chi connectivity index (χ3v) is 4.92. The molecular weight excluding hydrogens is 383 g/mol. The van der Waals surface area contributed by atoms with Gasteiger partial charge in [-0.1, -0.05) is 12.1 Å². The summed E-state index contributed by atoms with van der Waals surface area (Å²) in [6, 6.07) is 12.2. The molecule has 0 saturated carbocycles. The lowest BCUT2D eigenvalue weighted by Gasteiger charge is -2.13. The highest BCUT2D eigenvalue weighted by molar-refractivity contribution is 5.94. The maximum Gasteiger partial charge on any atom is 0.253 e. The van der Waals surface area contributed by atoms with Crippen molar-refractivity contribution in [3.05, 3.63) is 70.7 Å². The molecule has 2 aromatic carbocycles. The van der Waals surface area contributed by atoms with E-state index < -0.39 is 0 Å². The van der Waals surface area contributed by atoms with Gasteiger partial charge in [0, 0.05) is 44.2 Å². The molecule has 6 nitrogen and oxygen atoms in total. The monoisotopic (exact) mass is 410 g/mol. The Morgan fingerprint density at radius 2 is 1.97 bits per heavy atom. The van der Waals surface area contributed by atoms with E-state index in [0.29, 0.717) is 30.2 Å². The van der Waals surface area contributed by atoms with Crippen LogP contribution < -0.4 is 10.6 Å². The second-order valence-corrected chi connectivity index (χ2v) is 7.29. The van der Waals surface area contributed by atoms with Gasteiger partial charge in [0.05, 0.1) is 6.54 Å². The van der Waals surface area contributed by atoms with Crippen molar-refractivity contribution in [1.29, 1.82) is 0 Å². The molecule has 7 heteroatoms. The number of nitrogens with one attached hydrogen (secondary N) is 2.